The molecule has 17 heavy (non-hydrogen) atoms. The van der Waals surface area contributed by atoms with Gasteiger partial charge in [-0.3, -0.25) is 4.98 Å². The van der Waals surface area contributed by atoms with E-state index in [0.717, 1.165) is 6.07 Å². The maximum Gasteiger partial charge on any atom is 0.573 e. The lowest BCUT2D eigenvalue weighted by Crippen LogP contribution is -2.17. The van der Waals surface area contributed by atoms with Crippen LogP contribution in [0.5, 0.6) is 5.75 Å². The molecule has 0 bridgehead atoms. The molecule has 3 nitrogen and oxygen atoms in total. The molecule has 90 valence electrons. The zero-order valence-electron chi connectivity index (χ0n) is 8.25. The summed E-state index contributed by atoms with van der Waals surface area (Å²) in [4.78, 5) is 3.79. The zero-order valence-corrected chi connectivity index (χ0v) is 9.01. The molecule has 2 aromatic rings. The lowest BCUT2D eigenvalue weighted by atomic mass is 10.2. The molecule has 0 aliphatic heterocycles. The van der Waals surface area contributed by atoms with Gasteiger partial charge in [-0.1, -0.05) is 23.7 Å². The topological polar surface area (TPSA) is 48.1 Å². The third kappa shape index (κ3) is 2.36. The van der Waals surface area contributed by atoms with Crippen LogP contribution >= 0.6 is 11.6 Å². The quantitative estimate of drug-likeness (QED) is 0.857. The van der Waals surface area contributed by atoms with E-state index in [1.54, 1.807) is 0 Å². The average Bonchev–Trinajstić information content (AvgIpc) is 2.22. The maximum absolute atomic E-state index is 12.1. The van der Waals surface area contributed by atoms with E-state index >= 15 is 0 Å². The van der Waals surface area contributed by atoms with Crippen LogP contribution in [0.25, 0.3) is 10.9 Å². The number of ether oxygens (including phenoxy) is 1. The number of para-hydroxylation sites is 1. The van der Waals surface area contributed by atoms with Crippen LogP contribution in [0.15, 0.2) is 24.4 Å². The fourth-order valence-corrected chi connectivity index (χ4v) is 1.59. The minimum atomic E-state index is -4.77. The number of pyridine rings is 1. The van der Waals surface area contributed by atoms with E-state index in [0.29, 0.717) is 5.39 Å². The summed E-state index contributed by atoms with van der Waals surface area (Å²) in [6, 6.07) is 4.07. The van der Waals surface area contributed by atoms with Gasteiger partial charge in [0.1, 0.15) is 5.52 Å². The number of nitrogens with zero attached hydrogens (tertiary/aromatic N) is 1. The summed E-state index contributed by atoms with van der Waals surface area (Å²) in [5.74, 6) is -0.406. The average molecular weight is 263 g/mol. The first-order valence-corrected chi connectivity index (χ1v) is 4.85. The van der Waals surface area contributed by atoms with Crippen molar-refractivity contribution in [3.63, 3.8) is 0 Å². The Balaban J connectivity index is 2.63. The van der Waals surface area contributed by atoms with Crippen molar-refractivity contribution in [2.24, 2.45) is 0 Å². The van der Waals surface area contributed by atoms with Gasteiger partial charge in [0.15, 0.2) is 5.75 Å². The standard InChI is InChI=1S/C10H6ClF3N2O/c11-8-5-2-1-3-7(17-10(12,13)14)9(5)16-4-6(8)15/h1-4H,15H2. The Bertz CT molecular complexity index is 571. The Kier molecular flexibility index (Phi) is 2.74. The van der Waals surface area contributed by atoms with Gasteiger partial charge in [0.2, 0.25) is 0 Å². The van der Waals surface area contributed by atoms with Gasteiger partial charge in [-0.25, -0.2) is 0 Å². The molecule has 0 radical (unpaired) electrons. The van der Waals surface area contributed by atoms with E-state index in [1.165, 1.54) is 18.3 Å². The molecule has 0 amide bonds. The molecule has 1 heterocycles. The van der Waals surface area contributed by atoms with Gasteiger partial charge in [-0.15, -0.1) is 13.2 Å². The fraction of sp³-hybridized carbons (Fsp3) is 0.100. The Morgan fingerprint density at radius 3 is 2.65 bits per heavy atom. The molecule has 0 aliphatic rings. The van der Waals surface area contributed by atoms with Crippen molar-refractivity contribution in [3.8, 4) is 5.75 Å². The van der Waals surface area contributed by atoms with E-state index in [4.69, 9.17) is 17.3 Å². The summed E-state index contributed by atoms with van der Waals surface area (Å²) in [5, 5.41) is 0.469. The molecule has 0 aliphatic carbocycles. The summed E-state index contributed by atoms with van der Waals surface area (Å²) in [6.07, 6.45) is -3.59. The van der Waals surface area contributed by atoms with Crippen LogP contribution in [-0.4, -0.2) is 11.3 Å². The molecule has 1 aromatic carbocycles. The van der Waals surface area contributed by atoms with E-state index in [1.807, 2.05) is 0 Å². The molecule has 0 saturated carbocycles. The number of hydrogen-bond donors (Lipinski definition) is 1. The number of alkyl halides is 3. The summed E-state index contributed by atoms with van der Waals surface area (Å²) < 4.78 is 40.3. The number of rotatable bonds is 1. The molecule has 0 saturated heterocycles. The highest BCUT2D eigenvalue weighted by Gasteiger charge is 2.32. The minimum absolute atomic E-state index is 0.0176. The second-order valence-corrected chi connectivity index (χ2v) is 3.61. The van der Waals surface area contributed by atoms with Crippen LogP contribution in [0.4, 0.5) is 18.9 Å². The van der Waals surface area contributed by atoms with Gasteiger partial charge in [-0.05, 0) is 6.07 Å². The second-order valence-electron chi connectivity index (χ2n) is 3.23. The minimum Gasteiger partial charge on any atom is -0.403 e. The summed E-state index contributed by atoms with van der Waals surface area (Å²) in [7, 11) is 0. The van der Waals surface area contributed by atoms with Crippen LogP contribution in [0.1, 0.15) is 0 Å². The predicted octanol–water partition coefficient (Wildman–Crippen LogP) is 3.37. The van der Waals surface area contributed by atoms with Gasteiger partial charge in [-0.2, -0.15) is 0 Å². The smallest absolute Gasteiger partial charge is 0.403 e. The molecule has 0 spiro atoms. The number of nitrogen functional groups attached to an aromatic ring is 1. The highest BCUT2D eigenvalue weighted by Crippen LogP contribution is 2.34. The number of benzene rings is 1. The van der Waals surface area contributed by atoms with Gasteiger partial charge in [0.25, 0.3) is 0 Å². The predicted molar refractivity (Wildman–Crippen MR) is 57.8 cm³/mol. The maximum atomic E-state index is 12.1. The lowest BCUT2D eigenvalue weighted by molar-refractivity contribution is -0.274. The van der Waals surface area contributed by atoms with E-state index in [9.17, 15) is 13.2 Å². The van der Waals surface area contributed by atoms with E-state index in [2.05, 4.69) is 9.72 Å². The summed E-state index contributed by atoms with van der Waals surface area (Å²) >= 11 is 5.87. The van der Waals surface area contributed by atoms with Crippen molar-refractivity contribution < 1.29 is 17.9 Å². The van der Waals surface area contributed by atoms with Crippen LogP contribution in [0.2, 0.25) is 5.02 Å². The molecule has 0 atom stereocenters. The summed E-state index contributed by atoms with van der Waals surface area (Å²) in [6.45, 7) is 0. The van der Waals surface area contributed by atoms with E-state index < -0.39 is 12.1 Å². The van der Waals surface area contributed by atoms with Crippen molar-refractivity contribution in [1.82, 2.24) is 4.98 Å². The molecular formula is C10H6ClF3N2O. The third-order valence-corrected chi connectivity index (χ3v) is 2.47. The van der Waals surface area contributed by atoms with Gasteiger partial charge in [0, 0.05) is 5.39 Å². The molecule has 0 fully saturated rings. The molecule has 0 unspecified atom stereocenters. The van der Waals surface area contributed by atoms with Crippen molar-refractivity contribution in [2.75, 3.05) is 5.73 Å². The fourth-order valence-electron chi connectivity index (χ4n) is 1.39. The van der Waals surface area contributed by atoms with E-state index in [-0.39, 0.29) is 16.2 Å². The molecule has 7 heteroatoms. The van der Waals surface area contributed by atoms with Gasteiger partial charge >= 0.3 is 6.36 Å². The normalized spacial score (nSPS) is 11.8. The molecule has 2 rings (SSSR count). The van der Waals surface area contributed by atoms with Crippen molar-refractivity contribution in [2.45, 2.75) is 6.36 Å². The third-order valence-electron chi connectivity index (χ3n) is 2.05. The number of nitrogens with two attached hydrogens (primary N) is 1. The Labute approximate surface area is 99.0 Å². The summed E-state index contributed by atoms with van der Waals surface area (Å²) in [5.41, 5.74) is 5.72. The molecule has 2 N–H and O–H groups in total. The van der Waals surface area contributed by atoms with Gasteiger partial charge in [0.05, 0.1) is 16.9 Å². The van der Waals surface area contributed by atoms with Crippen LogP contribution in [0, 0.1) is 0 Å². The Morgan fingerprint density at radius 2 is 2.00 bits per heavy atom. The zero-order chi connectivity index (χ0) is 12.6. The first-order valence-electron chi connectivity index (χ1n) is 4.47. The largest absolute Gasteiger partial charge is 0.573 e. The number of halogens is 4. The van der Waals surface area contributed by atoms with Gasteiger partial charge < -0.3 is 10.5 Å². The number of anilines is 1. The lowest BCUT2D eigenvalue weighted by Gasteiger charge is -2.11. The van der Waals surface area contributed by atoms with Crippen molar-refractivity contribution >= 4 is 28.2 Å². The second kappa shape index (κ2) is 3.96. The number of fused-ring (bicyclic) bond motifs is 1. The molecule has 1 aromatic heterocycles. The number of hydrogen-bond acceptors (Lipinski definition) is 3. The SMILES string of the molecule is Nc1cnc2c(OC(F)(F)F)cccc2c1Cl. The first-order chi connectivity index (χ1) is 7.88. The van der Waals surface area contributed by atoms with Crippen molar-refractivity contribution in [1.29, 1.82) is 0 Å². The first kappa shape index (κ1) is 11.8. The van der Waals surface area contributed by atoms with Crippen LogP contribution in [-0.2, 0) is 0 Å². The van der Waals surface area contributed by atoms with Crippen LogP contribution < -0.4 is 10.5 Å². The van der Waals surface area contributed by atoms with Crippen LogP contribution in [0.3, 0.4) is 0 Å². The highest BCUT2D eigenvalue weighted by atomic mass is 35.5. The Morgan fingerprint density at radius 1 is 1.29 bits per heavy atom. The highest BCUT2D eigenvalue weighted by molar-refractivity contribution is 6.37. The monoisotopic (exact) mass is 262 g/mol. The Hall–Kier alpha value is -1.69. The molecular weight excluding hydrogens is 257 g/mol. The number of aromatic nitrogens is 1. The van der Waals surface area contributed by atoms with Crippen molar-refractivity contribution in [3.05, 3.63) is 29.4 Å².